The molecule has 1 aliphatic heterocycles. The van der Waals surface area contributed by atoms with Gasteiger partial charge in [-0.15, -0.1) is 0 Å². The smallest absolute Gasteiger partial charge is 0.212 e. The molecular formula is C8H15F2NO2S. The maximum absolute atomic E-state index is 12.6. The van der Waals surface area contributed by atoms with Gasteiger partial charge in [-0.25, -0.2) is 21.5 Å². The Labute approximate surface area is 83.1 Å². The van der Waals surface area contributed by atoms with Gasteiger partial charge < -0.3 is 0 Å². The zero-order chi connectivity index (χ0) is 10.8. The molecule has 0 bridgehead atoms. The summed E-state index contributed by atoms with van der Waals surface area (Å²) in [5.74, 6) is -4.21. The molecule has 3 nitrogen and oxygen atoms in total. The first-order valence-corrected chi connectivity index (χ1v) is 6.28. The molecule has 0 radical (unpaired) electrons. The van der Waals surface area contributed by atoms with Crippen molar-refractivity contribution in [3.05, 3.63) is 0 Å². The first-order chi connectivity index (χ1) is 6.31. The van der Waals surface area contributed by atoms with Crippen molar-refractivity contribution in [1.82, 2.24) is 4.31 Å². The number of hydrogen-bond acceptors (Lipinski definition) is 2. The van der Waals surface area contributed by atoms with Crippen molar-refractivity contribution < 1.29 is 17.2 Å². The molecule has 14 heavy (non-hydrogen) atoms. The van der Waals surface area contributed by atoms with E-state index in [1.807, 2.05) is 0 Å². The van der Waals surface area contributed by atoms with Crippen molar-refractivity contribution in [1.29, 1.82) is 0 Å². The summed E-state index contributed by atoms with van der Waals surface area (Å²) in [5, 5.41) is 0. The Balaban J connectivity index is 2.64. The molecule has 0 aromatic carbocycles. The fourth-order valence-corrected chi connectivity index (χ4v) is 3.19. The summed E-state index contributed by atoms with van der Waals surface area (Å²) < 4.78 is 49.2. The Morgan fingerprint density at radius 3 is 2.14 bits per heavy atom. The van der Waals surface area contributed by atoms with Crippen molar-refractivity contribution in [2.24, 2.45) is 0 Å². The minimum absolute atomic E-state index is 0.387. The second-order valence-electron chi connectivity index (χ2n) is 3.79. The summed E-state index contributed by atoms with van der Waals surface area (Å²) in [6.07, 6.45) is 2.53. The highest BCUT2D eigenvalue weighted by Gasteiger charge is 2.34. The third-order valence-electron chi connectivity index (χ3n) is 2.14. The van der Waals surface area contributed by atoms with Crippen LogP contribution in [0.25, 0.3) is 0 Å². The molecule has 1 fully saturated rings. The van der Waals surface area contributed by atoms with Gasteiger partial charge in [0.05, 0.1) is 0 Å². The lowest BCUT2D eigenvalue weighted by atomic mass is 10.2. The molecule has 0 aliphatic carbocycles. The number of nitrogens with zero attached hydrogens (tertiary/aromatic N) is 1. The predicted octanol–water partition coefficient (Wildman–Crippen LogP) is 1.46. The fraction of sp³-hybridized carbons (Fsp3) is 1.00. The average Bonchev–Trinajstić information content (AvgIpc) is 2.01. The highest BCUT2D eigenvalue weighted by atomic mass is 32.2. The monoisotopic (exact) mass is 227 g/mol. The Hall–Kier alpha value is -0.230. The maximum Gasteiger partial charge on any atom is 0.260 e. The van der Waals surface area contributed by atoms with Gasteiger partial charge in [0.25, 0.3) is 5.92 Å². The molecule has 1 heterocycles. The van der Waals surface area contributed by atoms with E-state index < -0.39 is 21.7 Å². The third-order valence-corrected chi connectivity index (χ3v) is 4.17. The fourth-order valence-electron chi connectivity index (χ4n) is 1.55. The summed E-state index contributed by atoms with van der Waals surface area (Å²) in [6, 6.07) is 0. The van der Waals surface area contributed by atoms with Crippen LogP contribution in [0.2, 0.25) is 0 Å². The maximum atomic E-state index is 12.6. The van der Waals surface area contributed by atoms with Crippen molar-refractivity contribution >= 4 is 10.0 Å². The van der Waals surface area contributed by atoms with Gasteiger partial charge >= 0.3 is 0 Å². The van der Waals surface area contributed by atoms with Gasteiger partial charge in [-0.3, -0.25) is 0 Å². The number of rotatable bonds is 3. The van der Waals surface area contributed by atoms with E-state index in [0.29, 0.717) is 20.0 Å². The number of halogens is 2. The molecule has 0 saturated carbocycles. The molecule has 1 saturated heterocycles. The van der Waals surface area contributed by atoms with Crippen LogP contribution >= 0.6 is 0 Å². The van der Waals surface area contributed by atoms with Gasteiger partial charge in [0, 0.05) is 20.0 Å². The van der Waals surface area contributed by atoms with Gasteiger partial charge in [-0.1, -0.05) is 6.42 Å². The minimum Gasteiger partial charge on any atom is -0.212 e. The molecule has 0 amide bonds. The summed E-state index contributed by atoms with van der Waals surface area (Å²) >= 11 is 0. The molecular weight excluding hydrogens is 212 g/mol. The first kappa shape index (κ1) is 11.8. The van der Waals surface area contributed by atoms with Crippen LogP contribution in [0.5, 0.6) is 0 Å². The van der Waals surface area contributed by atoms with Crippen molar-refractivity contribution in [2.75, 3.05) is 18.8 Å². The van der Waals surface area contributed by atoms with E-state index in [4.69, 9.17) is 0 Å². The highest BCUT2D eigenvalue weighted by Crippen LogP contribution is 2.20. The standard InChI is InChI=1S/C8H15F2NO2S/c1-8(9,10)7-14(12,13)11-5-3-2-4-6-11/h2-7H2,1H3. The summed E-state index contributed by atoms with van der Waals surface area (Å²) in [5.41, 5.74) is 0. The van der Waals surface area contributed by atoms with Crippen LogP contribution in [0.4, 0.5) is 8.78 Å². The molecule has 1 aliphatic rings. The highest BCUT2D eigenvalue weighted by molar-refractivity contribution is 7.89. The molecule has 84 valence electrons. The summed E-state index contributed by atoms with van der Waals surface area (Å²) in [6.45, 7) is 1.41. The molecule has 0 unspecified atom stereocenters. The number of hydrogen-bond donors (Lipinski definition) is 0. The van der Waals surface area contributed by atoms with Crippen LogP contribution in [0.15, 0.2) is 0 Å². The van der Waals surface area contributed by atoms with E-state index in [-0.39, 0.29) is 0 Å². The van der Waals surface area contributed by atoms with Gasteiger partial charge in [0.15, 0.2) is 0 Å². The molecule has 6 heteroatoms. The topological polar surface area (TPSA) is 37.4 Å². The van der Waals surface area contributed by atoms with Gasteiger partial charge in [-0.05, 0) is 12.8 Å². The van der Waals surface area contributed by atoms with Crippen LogP contribution in [0.3, 0.4) is 0 Å². The Bertz CT molecular complexity index is 278. The predicted molar refractivity (Wildman–Crippen MR) is 49.8 cm³/mol. The molecule has 0 atom stereocenters. The zero-order valence-electron chi connectivity index (χ0n) is 8.17. The number of sulfonamides is 1. The van der Waals surface area contributed by atoms with Crippen LogP contribution in [-0.4, -0.2) is 37.5 Å². The van der Waals surface area contributed by atoms with E-state index in [1.165, 1.54) is 4.31 Å². The van der Waals surface area contributed by atoms with Crippen molar-refractivity contribution in [3.8, 4) is 0 Å². The Morgan fingerprint density at radius 1 is 1.21 bits per heavy atom. The molecule has 1 rings (SSSR count). The van der Waals surface area contributed by atoms with E-state index >= 15 is 0 Å². The summed E-state index contributed by atoms with van der Waals surface area (Å²) in [7, 11) is -3.76. The van der Waals surface area contributed by atoms with E-state index in [0.717, 1.165) is 19.3 Å². The van der Waals surface area contributed by atoms with Gasteiger partial charge in [-0.2, -0.15) is 0 Å². The van der Waals surface area contributed by atoms with Gasteiger partial charge in [0.2, 0.25) is 10.0 Å². The molecule has 0 aromatic rings. The second kappa shape index (κ2) is 4.10. The normalized spacial score (nSPS) is 21.1. The van der Waals surface area contributed by atoms with Crippen LogP contribution in [-0.2, 0) is 10.0 Å². The first-order valence-electron chi connectivity index (χ1n) is 4.67. The van der Waals surface area contributed by atoms with Gasteiger partial charge in [0.1, 0.15) is 5.75 Å². The molecule has 0 spiro atoms. The molecule has 0 aromatic heterocycles. The lowest BCUT2D eigenvalue weighted by molar-refractivity contribution is 0.0460. The van der Waals surface area contributed by atoms with Crippen LogP contribution in [0.1, 0.15) is 26.2 Å². The largest absolute Gasteiger partial charge is 0.260 e. The van der Waals surface area contributed by atoms with E-state index in [1.54, 1.807) is 0 Å². The summed E-state index contributed by atoms with van der Waals surface area (Å²) in [4.78, 5) is 0. The Morgan fingerprint density at radius 2 is 1.71 bits per heavy atom. The molecule has 0 N–H and O–H groups in total. The number of alkyl halides is 2. The van der Waals surface area contributed by atoms with Crippen molar-refractivity contribution in [3.63, 3.8) is 0 Å². The van der Waals surface area contributed by atoms with E-state index in [9.17, 15) is 17.2 Å². The zero-order valence-corrected chi connectivity index (χ0v) is 8.99. The van der Waals surface area contributed by atoms with Crippen LogP contribution < -0.4 is 0 Å². The minimum atomic E-state index is -3.76. The lowest BCUT2D eigenvalue weighted by Crippen LogP contribution is -2.41. The lowest BCUT2D eigenvalue weighted by Gasteiger charge is -2.26. The Kier molecular flexibility index (Phi) is 3.47. The quantitative estimate of drug-likeness (QED) is 0.732. The van der Waals surface area contributed by atoms with Crippen LogP contribution in [0, 0.1) is 0 Å². The number of piperidine rings is 1. The average molecular weight is 227 g/mol. The second-order valence-corrected chi connectivity index (χ2v) is 5.76. The SMILES string of the molecule is CC(F)(F)CS(=O)(=O)N1CCCCC1. The van der Waals surface area contributed by atoms with E-state index in [2.05, 4.69) is 0 Å². The van der Waals surface area contributed by atoms with Crippen molar-refractivity contribution in [2.45, 2.75) is 32.1 Å². The third kappa shape index (κ3) is 3.49.